The molecule has 1 aliphatic heterocycles. The molecule has 1 heterocycles. The van der Waals surface area contributed by atoms with Gasteiger partial charge in [0.1, 0.15) is 0 Å². The summed E-state index contributed by atoms with van der Waals surface area (Å²) in [5, 5.41) is 3.73. The van der Waals surface area contributed by atoms with Gasteiger partial charge in [-0.3, -0.25) is 4.99 Å². The summed E-state index contributed by atoms with van der Waals surface area (Å²) in [5.41, 5.74) is 2.78. The largest absolute Gasteiger partial charge is 0.373 e. The summed E-state index contributed by atoms with van der Waals surface area (Å²) in [6.45, 7) is 4.16. The van der Waals surface area contributed by atoms with E-state index in [4.69, 9.17) is 4.99 Å². The summed E-state index contributed by atoms with van der Waals surface area (Å²) in [6, 6.07) is 22.0. The van der Waals surface area contributed by atoms with Gasteiger partial charge in [0, 0.05) is 24.9 Å². The lowest BCUT2D eigenvalue weighted by molar-refractivity contribution is 0.456. The maximum atomic E-state index is 4.78. The highest BCUT2D eigenvalue weighted by atomic mass is 15.0. The molecule has 1 aliphatic rings. The average molecular weight is 335 g/mol. The van der Waals surface area contributed by atoms with Crippen LogP contribution in [0.1, 0.15) is 56.6 Å². The standard InChI is InChI=1S/C23H30N2/c1-2-17-23(20-12-6-3-7-13-20,21-14-8-4-9-15-21)19-25-22-16-10-5-11-18-24-22/h3-4,6-9,12-15H,2,5,10-11,16-19H2,1H3,(H,24,25). The van der Waals surface area contributed by atoms with E-state index >= 15 is 0 Å². The van der Waals surface area contributed by atoms with Gasteiger partial charge in [0.05, 0.1) is 5.84 Å². The van der Waals surface area contributed by atoms with Crippen molar-refractivity contribution in [2.24, 2.45) is 4.99 Å². The summed E-state index contributed by atoms with van der Waals surface area (Å²) >= 11 is 0. The molecule has 3 rings (SSSR count). The maximum Gasteiger partial charge on any atom is 0.0963 e. The van der Waals surface area contributed by atoms with E-state index in [-0.39, 0.29) is 5.41 Å². The molecule has 25 heavy (non-hydrogen) atoms. The van der Waals surface area contributed by atoms with Gasteiger partial charge < -0.3 is 5.32 Å². The number of benzene rings is 2. The summed E-state index contributed by atoms with van der Waals surface area (Å²) in [4.78, 5) is 4.78. The highest BCUT2D eigenvalue weighted by Crippen LogP contribution is 2.36. The van der Waals surface area contributed by atoms with Gasteiger partial charge in [-0.05, 0) is 30.4 Å². The van der Waals surface area contributed by atoms with Crippen LogP contribution >= 0.6 is 0 Å². The van der Waals surface area contributed by atoms with E-state index < -0.39 is 0 Å². The van der Waals surface area contributed by atoms with Gasteiger partial charge in [-0.2, -0.15) is 0 Å². The fraction of sp³-hybridized carbons (Fsp3) is 0.435. The predicted molar refractivity (Wildman–Crippen MR) is 107 cm³/mol. The van der Waals surface area contributed by atoms with Gasteiger partial charge in [-0.1, -0.05) is 80.4 Å². The normalized spacial score (nSPS) is 15.3. The SMILES string of the molecule is CCCC(CNC1=NCCCCC1)(c1ccccc1)c1ccccc1. The second-order valence-corrected chi connectivity index (χ2v) is 7.06. The number of nitrogens with one attached hydrogen (secondary N) is 1. The lowest BCUT2D eigenvalue weighted by atomic mass is 9.71. The Morgan fingerprint density at radius 1 is 0.880 bits per heavy atom. The first-order chi connectivity index (χ1) is 12.3. The molecule has 2 aromatic carbocycles. The quantitative estimate of drug-likeness (QED) is 0.758. The van der Waals surface area contributed by atoms with Gasteiger partial charge in [-0.25, -0.2) is 0 Å². The number of nitrogens with zero attached hydrogens (tertiary/aromatic N) is 1. The van der Waals surface area contributed by atoms with Crippen molar-refractivity contribution >= 4 is 5.84 Å². The molecule has 0 amide bonds. The highest BCUT2D eigenvalue weighted by Gasteiger charge is 2.33. The Kier molecular flexibility index (Phi) is 6.27. The molecule has 0 aromatic heterocycles. The van der Waals surface area contributed by atoms with Crippen LogP contribution in [0.2, 0.25) is 0 Å². The minimum absolute atomic E-state index is 0.00784. The van der Waals surface area contributed by atoms with Gasteiger partial charge in [0.15, 0.2) is 0 Å². The minimum Gasteiger partial charge on any atom is -0.373 e. The molecule has 0 unspecified atom stereocenters. The van der Waals surface area contributed by atoms with E-state index in [0.717, 1.165) is 32.4 Å². The third-order valence-corrected chi connectivity index (χ3v) is 5.30. The van der Waals surface area contributed by atoms with Gasteiger partial charge in [-0.15, -0.1) is 0 Å². The first-order valence-electron chi connectivity index (χ1n) is 9.73. The molecule has 0 spiro atoms. The lowest BCUT2D eigenvalue weighted by Crippen LogP contribution is -2.41. The van der Waals surface area contributed by atoms with Crippen LogP contribution < -0.4 is 5.32 Å². The Morgan fingerprint density at radius 3 is 2.12 bits per heavy atom. The van der Waals surface area contributed by atoms with E-state index in [2.05, 4.69) is 72.9 Å². The van der Waals surface area contributed by atoms with Crippen molar-refractivity contribution < 1.29 is 0 Å². The van der Waals surface area contributed by atoms with Crippen molar-refractivity contribution in [3.05, 3.63) is 71.8 Å². The van der Waals surface area contributed by atoms with Crippen LogP contribution in [0, 0.1) is 0 Å². The first kappa shape index (κ1) is 17.7. The van der Waals surface area contributed by atoms with Crippen LogP contribution in [0.3, 0.4) is 0 Å². The summed E-state index contributed by atoms with van der Waals surface area (Å²) in [6.07, 6.45) is 7.14. The number of hydrogen-bond donors (Lipinski definition) is 1. The van der Waals surface area contributed by atoms with Crippen LogP contribution in [-0.4, -0.2) is 18.9 Å². The maximum absolute atomic E-state index is 4.78. The van der Waals surface area contributed by atoms with Crippen LogP contribution in [0.25, 0.3) is 0 Å². The second-order valence-electron chi connectivity index (χ2n) is 7.06. The van der Waals surface area contributed by atoms with Gasteiger partial charge in [0.25, 0.3) is 0 Å². The van der Waals surface area contributed by atoms with Crippen molar-refractivity contribution in [1.29, 1.82) is 0 Å². The molecular formula is C23H30N2. The fourth-order valence-electron chi connectivity index (χ4n) is 3.96. The molecule has 2 heteroatoms. The van der Waals surface area contributed by atoms with E-state index in [0.29, 0.717) is 0 Å². The van der Waals surface area contributed by atoms with Gasteiger partial charge >= 0.3 is 0 Å². The zero-order chi connectivity index (χ0) is 17.4. The molecule has 0 aliphatic carbocycles. The van der Waals surface area contributed by atoms with E-state index in [1.54, 1.807) is 0 Å². The van der Waals surface area contributed by atoms with E-state index in [1.807, 2.05) is 0 Å². The summed E-state index contributed by atoms with van der Waals surface area (Å²) in [5.74, 6) is 1.20. The Hall–Kier alpha value is -2.09. The molecule has 0 atom stereocenters. The van der Waals surface area contributed by atoms with Crippen molar-refractivity contribution in [3.8, 4) is 0 Å². The monoisotopic (exact) mass is 334 g/mol. The number of hydrogen-bond acceptors (Lipinski definition) is 2. The Bertz CT molecular complexity index is 622. The van der Waals surface area contributed by atoms with Crippen molar-refractivity contribution in [2.75, 3.05) is 13.1 Å². The van der Waals surface area contributed by atoms with Crippen LogP contribution in [0.15, 0.2) is 65.7 Å². The summed E-state index contributed by atoms with van der Waals surface area (Å²) in [7, 11) is 0. The van der Waals surface area contributed by atoms with Crippen molar-refractivity contribution in [1.82, 2.24) is 5.32 Å². The molecule has 2 nitrogen and oxygen atoms in total. The zero-order valence-electron chi connectivity index (χ0n) is 15.4. The Balaban J connectivity index is 1.94. The van der Waals surface area contributed by atoms with E-state index in [1.165, 1.54) is 36.2 Å². The topological polar surface area (TPSA) is 24.4 Å². The van der Waals surface area contributed by atoms with Gasteiger partial charge in [0.2, 0.25) is 0 Å². The van der Waals surface area contributed by atoms with Crippen LogP contribution in [-0.2, 0) is 5.41 Å². The third-order valence-electron chi connectivity index (χ3n) is 5.30. The Labute approximate surface area is 152 Å². The second kappa shape index (κ2) is 8.84. The first-order valence-corrected chi connectivity index (χ1v) is 9.73. The Morgan fingerprint density at radius 2 is 1.52 bits per heavy atom. The van der Waals surface area contributed by atoms with Crippen molar-refractivity contribution in [3.63, 3.8) is 0 Å². The number of amidine groups is 1. The molecule has 0 saturated carbocycles. The molecule has 0 radical (unpaired) electrons. The minimum atomic E-state index is -0.00784. The molecule has 2 aromatic rings. The lowest BCUT2D eigenvalue weighted by Gasteiger charge is -2.36. The van der Waals surface area contributed by atoms with Crippen LogP contribution in [0.5, 0.6) is 0 Å². The molecule has 132 valence electrons. The third kappa shape index (κ3) is 4.31. The number of aliphatic imine (C=N–C) groups is 1. The molecule has 0 fully saturated rings. The predicted octanol–water partition coefficient (Wildman–Crippen LogP) is 5.33. The zero-order valence-corrected chi connectivity index (χ0v) is 15.4. The molecule has 0 bridgehead atoms. The number of rotatable bonds is 6. The fourth-order valence-corrected chi connectivity index (χ4v) is 3.96. The van der Waals surface area contributed by atoms with Crippen LogP contribution in [0.4, 0.5) is 0 Å². The average Bonchev–Trinajstić information content (AvgIpc) is 2.95. The molecule has 1 N–H and O–H groups in total. The summed E-state index contributed by atoms with van der Waals surface area (Å²) < 4.78 is 0. The van der Waals surface area contributed by atoms with E-state index in [9.17, 15) is 0 Å². The molecular weight excluding hydrogens is 304 g/mol. The van der Waals surface area contributed by atoms with Crippen molar-refractivity contribution in [2.45, 2.75) is 50.9 Å². The molecule has 0 saturated heterocycles. The highest BCUT2D eigenvalue weighted by molar-refractivity contribution is 5.82. The smallest absolute Gasteiger partial charge is 0.0963 e.